The maximum absolute atomic E-state index is 13.4. The number of aromatic hydroxyl groups is 1. The van der Waals surface area contributed by atoms with Crippen LogP contribution in [0.1, 0.15) is 5.69 Å². The van der Waals surface area contributed by atoms with Gasteiger partial charge in [-0.3, -0.25) is 0 Å². The Morgan fingerprint density at radius 1 is 1.14 bits per heavy atom. The summed E-state index contributed by atoms with van der Waals surface area (Å²) in [6, 6.07) is 14.1. The lowest BCUT2D eigenvalue weighted by atomic mass is 10.1. The van der Waals surface area contributed by atoms with Gasteiger partial charge in [-0.1, -0.05) is 17.3 Å². The van der Waals surface area contributed by atoms with E-state index < -0.39 is 5.82 Å². The van der Waals surface area contributed by atoms with E-state index in [2.05, 4.69) is 10.3 Å². The average Bonchev–Trinajstić information content (AvgIpc) is 2.92. The van der Waals surface area contributed by atoms with Crippen molar-refractivity contribution in [2.45, 2.75) is 0 Å². The Labute approximate surface area is 119 Å². The number of phenols is 1. The summed E-state index contributed by atoms with van der Waals surface area (Å²) in [5, 5.41) is 26.2. The van der Waals surface area contributed by atoms with Crippen molar-refractivity contribution in [3.8, 4) is 28.8 Å². The molecule has 0 aliphatic heterocycles. The van der Waals surface area contributed by atoms with Gasteiger partial charge in [0.15, 0.2) is 5.69 Å². The van der Waals surface area contributed by atoms with E-state index in [9.17, 15) is 9.50 Å². The Kier molecular flexibility index (Phi) is 3.09. The average molecular weight is 280 g/mol. The number of nitrogens with zero attached hydrogens (tertiary/aromatic N) is 4. The summed E-state index contributed by atoms with van der Waals surface area (Å²) in [7, 11) is 0. The van der Waals surface area contributed by atoms with Gasteiger partial charge < -0.3 is 5.11 Å². The minimum absolute atomic E-state index is 0.105. The number of halogens is 1. The van der Waals surface area contributed by atoms with Crippen molar-refractivity contribution in [2.75, 3.05) is 0 Å². The molecule has 1 aromatic heterocycles. The smallest absolute Gasteiger partial charge is 0.191 e. The third-order valence-electron chi connectivity index (χ3n) is 2.97. The monoisotopic (exact) mass is 280 g/mol. The van der Waals surface area contributed by atoms with E-state index in [-0.39, 0.29) is 11.4 Å². The van der Waals surface area contributed by atoms with Crippen LogP contribution in [0.3, 0.4) is 0 Å². The minimum Gasteiger partial charge on any atom is -0.508 e. The van der Waals surface area contributed by atoms with Gasteiger partial charge >= 0.3 is 0 Å². The lowest BCUT2D eigenvalue weighted by molar-refractivity contribution is 0.475. The zero-order valence-corrected chi connectivity index (χ0v) is 10.7. The van der Waals surface area contributed by atoms with Crippen LogP contribution in [-0.4, -0.2) is 20.1 Å². The van der Waals surface area contributed by atoms with Crippen molar-refractivity contribution in [2.24, 2.45) is 0 Å². The summed E-state index contributed by atoms with van der Waals surface area (Å²) >= 11 is 0. The minimum atomic E-state index is -0.408. The third kappa shape index (κ3) is 2.32. The number of nitriles is 1. The standard InChI is InChI=1S/C15H9FN4O/c16-11-3-1-2-10(8-11)15-14(9-17)18-19-20(15)12-4-6-13(21)7-5-12/h1-8,21H. The number of rotatable bonds is 2. The largest absolute Gasteiger partial charge is 0.508 e. The number of hydrogen-bond acceptors (Lipinski definition) is 4. The number of aromatic nitrogens is 3. The van der Waals surface area contributed by atoms with Crippen LogP contribution in [0.2, 0.25) is 0 Å². The molecule has 5 nitrogen and oxygen atoms in total. The summed E-state index contributed by atoms with van der Waals surface area (Å²) in [4.78, 5) is 0. The fourth-order valence-electron chi connectivity index (χ4n) is 2.03. The first-order chi connectivity index (χ1) is 10.2. The van der Waals surface area contributed by atoms with Gasteiger partial charge in [0.05, 0.1) is 5.69 Å². The molecule has 0 aliphatic carbocycles. The molecule has 0 saturated carbocycles. The molecule has 1 heterocycles. The molecule has 0 bridgehead atoms. The molecule has 102 valence electrons. The van der Waals surface area contributed by atoms with Crippen LogP contribution in [0.4, 0.5) is 4.39 Å². The quantitative estimate of drug-likeness (QED) is 0.783. The molecule has 0 saturated heterocycles. The first-order valence-corrected chi connectivity index (χ1v) is 6.10. The Balaban J connectivity index is 2.22. The van der Waals surface area contributed by atoms with E-state index in [1.807, 2.05) is 6.07 Å². The number of hydrogen-bond donors (Lipinski definition) is 1. The van der Waals surface area contributed by atoms with Gasteiger partial charge in [-0.25, -0.2) is 9.07 Å². The van der Waals surface area contributed by atoms with Gasteiger partial charge in [-0.05, 0) is 36.4 Å². The first-order valence-electron chi connectivity index (χ1n) is 6.10. The predicted octanol–water partition coefficient (Wildman–Crippen LogP) is 2.65. The molecule has 6 heteroatoms. The van der Waals surface area contributed by atoms with E-state index in [4.69, 9.17) is 5.26 Å². The zero-order valence-electron chi connectivity index (χ0n) is 10.7. The molecule has 0 aliphatic rings. The van der Waals surface area contributed by atoms with E-state index >= 15 is 0 Å². The SMILES string of the molecule is N#Cc1nnn(-c2ccc(O)cc2)c1-c1cccc(F)c1. The van der Waals surface area contributed by atoms with Crippen LogP contribution in [-0.2, 0) is 0 Å². The highest BCUT2D eigenvalue weighted by Gasteiger charge is 2.16. The molecule has 0 radical (unpaired) electrons. The highest BCUT2D eigenvalue weighted by atomic mass is 19.1. The molecule has 3 aromatic rings. The van der Waals surface area contributed by atoms with Crippen molar-refractivity contribution in [1.29, 1.82) is 5.26 Å². The Morgan fingerprint density at radius 2 is 1.90 bits per heavy atom. The van der Waals surface area contributed by atoms with Gasteiger partial charge in [-0.15, -0.1) is 5.10 Å². The summed E-state index contributed by atoms with van der Waals surface area (Å²) in [5.74, 6) is -0.290. The van der Waals surface area contributed by atoms with Crippen LogP contribution < -0.4 is 0 Å². The molecule has 0 unspecified atom stereocenters. The van der Waals surface area contributed by atoms with Gasteiger partial charge in [0.1, 0.15) is 23.3 Å². The highest BCUT2D eigenvalue weighted by Crippen LogP contribution is 2.26. The summed E-state index contributed by atoms with van der Waals surface area (Å²) in [6.07, 6.45) is 0. The van der Waals surface area contributed by atoms with Gasteiger partial charge in [-0.2, -0.15) is 5.26 Å². The fraction of sp³-hybridized carbons (Fsp3) is 0. The zero-order chi connectivity index (χ0) is 14.8. The number of benzene rings is 2. The molecular weight excluding hydrogens is 271 g/mol. The van der Waals surface area contributed by atoms with Crippen LogP contribution in [0.5, 0.6) is 5.75 Å². The first kappa shape index (κ1) is 12.8. The van der Waals surface area contributed by atoms with E-state index in [1.54, 1.807) is 24.3 Å². The summed E-state index contributed by atoms with van der Waals surface area (Å²) in [5.41, 5.74) is 1.63. The number of phenolic OH excluding ortho intramolecular Hbond substituents is 1. The van der Waals surface area contributed by atoms with Crippen LogP contribution in [0, 0.1) is 17.1 Å². The highest BCUT2D eigenvalue weighted by molar-refractivity contribution is 5.67. The summed E-state index contributed by atoms with van der Waals surface area (Å²) < 4.78 is 14.9. The Hall–Kier alpha value is -3.20. The Morgan fingerprint density at radius 3 is 2.57 bits per heavy atom. The molecule has 0 atom stereocenters. The lowest BCUT2D eigenvalue weighted by Crippen LogP contribution is -1.99. The Bertz CT molecular complexity index is 834. The molecule has 0 fully saturated rings. The van der Waals surface area contributed by atoms with Gasteiger partial charge in [0.2, 0.25) is 0 Å². The lowest BCUT2D eigenvalue weighted by Gasteiger charge is -2.07. The van der Waals surface area contributed by atoms with Crippen molar-refractivity contribution in [1.82, 2.24) is 15.0 Å². The molecule has 0 amide bonds. The van der Waals surface area contributed by atoms with Gasteiger partial charge in [0.25, 0.3) is 0 Å². The van der Waals surface area contributed by atoms with Gasteiger partial charge in [0, 0.05) is 5.56 Å². The molecule has 1 N–H and O–H groups in total. The van der Waals surface area contributed by atoms with E-state index in [1.165, 1.54) is 28.9 Å². The van der Waals surface area contributed by atoms with Crippen molar-refractivity contribution in [3.63, 3.8) is 0 Å². The molecule has 0 spiro atoms. The van der Waals surface area contributed by atoms with E-state index in [0.29, 0.717) is 16.9 Å². The summed E-state index contributed by atoms with van der Waals surface area (Å²) in [6.45, 7) is 0. The van der Waals surface area contributed by atoms with Crippen molar-refractivity contribution >= 4 is 0 Å². The van der Waals surface area contributed by atoms with Crippen molar-refractivity contribution in [3.05, 3.63) is 60.0 Å². The second-order valence-corrected chi connectivity index (χ2v) is 4.34. The molecule has 2 aromatic carbocycles. The molecule has 21 heavy (non-hydrogen) atoms. The molecule has 3 rings (SSSR count). The maximum atomic E-state index is 13.4. The predicted molar refractivity (Wildman–Crippen MR) is 73.1 cm³/mol. The second-order valence-electron chi connectivity index (χ2n) is 4.34. The third-order valence-corrected chi connectivity index (χ3v) is 2.97. The second kappa shape index (κ2) is 5.06. The van der Waals surface area contributed by atoms with E-state index in [0.717, 1.165) is 0 Å². The van der Waals surface area contributed by atoms with Crippen LogP contribution in [0.25, 0.3) is 16.9 Å². The maximum Gasteiger partial charge on any atom is 0.191 e. The topological polar surface area (TPSA) is 74.7 Å². The molecular formula is C15H9FN4O. The van der Waals surface area contributed by atoms with Crippen LogP contribution in [0.15, 0.2) is 48.5 Å². The fourth-order valence-corrected chi connectivity index (χ4v) is 2.03. The normalized spacial score (nSPS) is 10.3. The van der Waals surface area contributed by atoms with Crippen molar-refractivity contribution < 1.29 is 9.50 Å². The van der Waals surface area contributed by atoms with Crippen LogP contribution >= 0.6 is 0 Å².